The number of rotatable bonds is 7. The second-order valence-electron chi connectivity index (χ2n) is 6.48. The van der Waals surface area contributed by atoms with Gasteiger partial charge in [-0.2, -0.15) is 0 Å². The third-order valence-corrected chi connectivity index (χ3v) is 5.30. The maximum absolute atomic E-state index is 13.9. The molecule has 7 nitrogen and oxygen atoms in total. The molecule has 0 spiro atoms. The number of aromatic nitrogens is 5. The number of benzene rings is 2. The molecular weight excluding hydrogens is 441 g/mol. The van der Waals surface area contributed by atoms with Crippen LogP contribution in [0.1, 0.15) is 21.7 Å². The molecule has 0 atom stereocenters. The Balaban J connectivity index is 1.61. The zero-order chi connectivity index (χ0) is 22.5. The number of nitrogens with one attached hydrogen (secondary N) is 1. The molecule has 32 heavy (non-hydrogen) atoms. The van der Waals surface area contributed by atoms with Gasteiger partial charge in [-0.25, -0.2) is 27.8 Å². The van der Waals surface area contributed by atoms with Gasteiger partial charge < -0.3 is 5.32 Å². The molecule has 2 aromatic heterocycles. The van der Waals surface area contributed by atoms with Crippen LogP contribution in [0.2, 0.25) is 0 Å². The van der Waals surface area contributed by atoms with Crippen LogP contribution in [-0.2, 0) is 12.3 Å². The van der Waals surface area contributed by atoms with E-state index in [2.05, 4.69) is 25.6 Å². The summed E-state index contributed by atoms with van der Waals surface area (Å²) in [7, 11) is 0. The van der Waals surface area contributed by atoms with Crippen LogP contribution in [0.3, 0.4) is 0 Å². The van der Waals surface area contributed by atoms with Gasteiger partial charge in [-0.1, -0.05) is 23.0 Å². The Morgan fingerprint density at radius 3 is 2.34 bits per heavy atom. The van der Waals surface area contributed by atoms with Crippen molar-refractivity contribution in [1.29, 1.82) is 0 Å². The number of nitrogens with zero attached hydrogens (tertiary/aromatic N) is 5. The molecule has 4 aromatic rings. The van der Waals surface area contributed by atoms with Crippen molar-refractivity contribution in [2.24, 2.45) is 0 Å². The van der Waals surface area contributed by atoms with Crippen molar-refractivity contribution >= 4 is 17.7 Å². The fourth-order valence-electron chi connectivity index (χ4n) is 2.84. The molecule has 1 N–H and O–H groups in total. The number of thioether (sulfide) groups is 1. The number of carbonyl (C=O) groups is 1. The number of carbonyl (C=O) groups excluding carboxylic acids is 1. The molecule has 0 saturated carbocycles. The Labute approximate surface area is 184 Å². The summed E-state index contributed by atoms with van der Waals surface area (Å²) in [6.07, 6.45) is 3.17. The smallest absolute Gasteiger partial charge is 0.274 e. The van der Waals surface area contributed by atoms with E-state index in [0.29, 0.717) is 16.5 Å². The van der Waals surface area contributed by atoms with Gasteiger partial charge in [0.2, 0.25) is 0 Å². The normalized spacial score (nSPS) is 10.8. The first-order valence-electron chi connectivity index (χ1n) is 9.34. The van der Waals surface area contributed by atoms with Crippen molar-refractivity contribution in [2.45, 2.75) is 17.5 Å². The maximum Gasteiger partial charge on any atom is 0.274 e. The van der Waals surface area contributed by atoms with Gasteiger partial charge >= 0.3 is 0 Å². The Bertz CT molecular complexity index is 1210. The zero-order valence-corrected chi connectivity index (χ0v) is 17.2. The van der Waals surface area contributed by atoms with E-state index in [1.54, 1.807) is 18.5 Å². The van der Waals surface area contributed by atoms with Crippen LogP contribution in [0.15, 0.2) is 66.1 Å². The van der Waals surface area contributed by atoms with Gasteiger partial charge in [-0.05, 0) is 42.5 Å². The van der Waals surface area contributed by atoms with Crippen LogP contribution in [-0.4, -0.2) is 30.9 Å². The largest absolute Gasteiger partial charge is 0.346 e. The molecule has 4 rings (SSSR count). The lowest BCUT2D eigenvalue weighted by atomic mass is 10.2. The highest BCUT2D eigenvalue weighted by Gasteiger charge is 2.22. The Morgan fingerprint density at radius 2 is 1.66 bits per heavy atom. The van der Waals surface area contributed by atoms with Crippen LogP contribution >= 0.6 is 11.8 Å². The van der Waals surface area contributed by atoms with Crippen LogP contribution in [0.4, 0.5) is 13.2 Å². The molecule has 0 fully saturated rings. The highest BCUT2D eigenvalue weighted by atomic mass is 32.2. The lowest BCUT2D eigenvalue weighted by Gasteiger charge is -2.09. The zero-order valence-electron chi connectivity index (χ0n) is 16.4. The summed E-state index contributed by atoms with van der Waals surface area (Å²) in [5.74, 6) is -2.40. The molecule has 162 valence electrons. The van der Waals surface area contributed by atoms with Crippen molar-refractivity contribution in [3.8, 4) is 5.69 Å². The van der Waals surface area contributed by atoms with E-state index in [-0.39, 0.29) is 23.6 Å². The monoisotopic (exact) mass is 456 g/mol. The van der Waals surface area contributed by atoms with Gasteiger partial charge in [0.1, 0.15) is 17.5 Å². The lowest BCUT2D eigenvalue weighted by molar-refractivity contribution is 0.0944. The summed E-state index contributed by atoms with van der Waals surface area (Å²) in [6.45, 7) is -0.366. The van der Waals surface area contributed by atoms with E-state index in [9.17, 15) is 18.0 Å². The molecule has 0 unspecified atom stereocenters. The first-order chi connectivity index (χ1) is 15.5. The molecule has 2 heterocycles. The van der Waals surface area contributed by atoms with Gasteiger partial charge in [-0.15, -0.1) is 5.10 Å². The standard InChI is InChI=1S/C21H15F3N6OS/c22-13-5-7-14(8-6-13)30-18(12-32-21-25-9-2-10-26-21)19(28-29-30)20(31)27-11-15-16(23)3-1-4-17(15)24/h1-10H,11-12H2,(H,27,31). The maximum atomic E-state index is 13.9. The minimum absolute atomic E-state index is 0.0329. The van der Waals surface area contributed by atoms with E-state index in [1.165, 1.54) is 46.8 Å². The molecule has 0 aliphatic rings. The van der Waals surface area contributed by atoms with Crippen molar-refractivity contribution < 1.29 is 18.0 Å². The average Bonchev–Trinajstić information content (AvgIpc) is 3.22. The SMILES string of the molecule is O=C(NCc1c(F)cccc1F)c1nnn(-c2ccc(F)cc2)c1CSc1ncccn1. The molecular formula is C21H15F3N6OS. The van der Waals surface area contributed by atoms with Crippen molar-refractivity contribution in [3.05, 3.63) is 95.3 Å². The molecule has 0 radical (unpaired) electrons. The molecule has 1 amide bonds. The molecule has 0 saturated heterocycles. The molecule has 2 aromatic carbocycles. The molecule has 0 bridgehead atoms. The number of amides is 1. The van der Waals surface area contributed by atoms with E-state index >= 15 is 0 Å². The quantitative estimate of drug-likeness (QED) is 0.337. The molecule has 11 heteroatoms. The summed E-state index contributed by atoms with van der Waals surface area (Å²) in [5.41, 5.74) is 0.582. The van der Waals surface area contributed by atoms with Crippen molar-refractivity contribution in [2.75, 3.05) is 0 Å². The topological polar surface area (TPSA) is 85.6 Å². The van der Waals surface area contributed by atoms with Gasteiger partial charge in [0, 0.05) is 30.3 Å². The highest BCUT2D eigenvalue weighted by Crippen LogP contribution is 2.23. The Hall–Kier alpha value is -3.73. The van der Waals surface area contributed by atoms with Crippen LogP contribution in [0, 0.1) is 17.5 Å². The van der Waals surface area contributed by atoms with Gasteiger partial charge in [-0.3, -0.25) is 4.79 Å². The predicted molar refractivity (Wildman–Crippen MR) is 110 cm³/mol. The summed E-state index contributed by atoms with van der Waals surface area (Å²) in [6, 6.07) is 10.6. The second kappa shape index (κ2) is 9.60. The van der Waals surface area contributed by atoms with Crippen molar-refractivity contribution in [3.63, 3.8) is 0 Å². The third kappa shape index (κ3) is 4.78. The summed E-state index contributed by atoms with van der Waals surface area (Å²) in [4.78, 5) is 21.1. The Morgan fingerprint density at radius 1 is 0.969 bits per heavy atom. The first kappa shape index (κ1) is 21.5. The third-order valence-electron chi connectivity index (χ3n) is 4.42. The van der Waals surface area contributed by atoms with Gasteiger partial charge in [0.15, 0.2) is 10.9 Å². The number of hydrogen-bond donors (Lipinski definition) is 1. The van der Waals surface area contributed by atoms with Gasteiger partial charge in [0.05, 0.1) is 11.4 Å². The van der Waals surface area contributed by atoms with E-state index in [0.717, 1.165) is 12.1 Å². The molecule has 0 aliphatic heterocycles. The lowest BCUT2D eigenvalue weighted by Crippen LogP contribution is -2.25. The average molecular weight is 456 g/mol. The summed E-state index contributed by atoms with van der Waals surface area (Å²) in [5, 5.41) is 10.9. The van der Waals surface area contributed by atoms with Crippen LogP contribution < -0.4 is 5.32 Å². The first-order valence-corrected chi connectivity index (χ1v) is 10.3. The summed E-state index contributed by atoms with van der Waals surface area (Å²) < 4.78 is 42.5. The number of halogens is 3. The fourth-order valence-corrected chi connectivity index (χ4v) is 3.64. The minimum atomic E-state index is -0.766. The van der Waals surface area contributed by atoms with Crippen molar-refractivity contribution in [1.82, 2.24) is 30.3 Å². The highest BCUT2D eigenvalue weighted by molar-refractivity contribution is 7.98. The van der Waals surface area contributed by atoms with Crippen LogP contribution in [0.25, 0.3) is 5.69 Å². The molecule has 0 aliphatic carbocycles. The van der Waals surface area contributed by atoms with Gasteiger partial charge in [0.25, 0.3) is 5.91 Å². The summed E-state index contributed by atoms with van der Waals surface area (Å²) >= 11 is 1.24. The van der Waals surface area contributed by atoms with E-state index in [4.69, 9.17) is 0 Å². The Kier molecular flexibility index (Phi) is 6.45. The van der Waals surface area contributed by atoms with E-state index in [1.807, 2.05) is 0 Å². The number of hydrogen-bond acceptors (Lipinski definition) is 6. The fraction of sp³-hybridized carbons (Fsp3) is 0.0952. The van der Waals surface area contributed by atoms with Crippen LogP contribution in [0.5, 0.6) is 0 Å². The predicted octanol–water partition coefficient (Wildman–Crippen LogP) is 3.70. The van der Waals surface area contributed by atoms with E-state index < -0.39 is 23.4 Å². The second-order valence-corrected chi connectivity index (χ2v) is 7.42. The minimum Gasteiger partial charge on any atom is -0.346 e.